The third kappa shape index (κ3) is 3.16. The highest BCUT2D eigenvalue weighted by Gasteiger charge is 2.45. The largest absolute Gasteiger partial charge is 0.379 e. The molecule has 2 aromatic carbocycles. The summed E-state index contributed by atoms with van der Waals surface area (Å²) in [7, 11) is 0. The maximum atomic E-state index is 12.0. The molecular weight excluding hydrogens is 320 g/mol. The molecule has 0 radical (unpaired) electrons. The molecule has 0 unspecified atom stereocenters. The normalized spacial score (nSPS) is 18.1. The topological polar surface area (TPSA) is 36.4 Å². The lowest BCUT2D eigenvalue weighted by Crippen LogP contribution is -2.48. The monoisotopic (exact) mass is 344 g/mol. The minimum Gasteiger partial charge on any atom is -0.379 e. The maximum Gasteiger partial charge on any atom is 0.130 e. The molecule has 1 atom stereocenters. The van der Waals surface area contributed by atoms with E-state index in [0.717, 1.165) is 42.8 Å². The van der Waals surface area contributed by atoms with Gasteiger partial charge in [-0.25, -0.2) is 0 Å². The minimum atomic E-state index is -1.03. The molecule has 0 saturated carbocycles. The van der Waals surface area contributed by atoms with Crippen molar-refractivity contribution >= 4 is 0 Å². The SMILES string of the molecule is OC(c1ccccc1)(c1ccccc1)[C@H]1CCCN1Cc1ccccn1. The maximum absolute atomic E-state index is 12.0. The third-order valence-corrected chi connectivity index (χ3v) is 5.36. The van der Waals surface area contributed by atoms with Gasteiger partial charge in [0.25, 0.3) is 0 Å². The van der Waals surface area contributed by atoms with Crippen LogP contribution >= 0.6 is 0 Å². The van der Waals surface area contributed by atoms with Crippen molar-refractivity contribution in [2.24, 2.45) is 0 Å². The van der Waals surface area contributed by atoms with Crippen LogP contribution in [0.4, 0.5) is 0 Å². The van der Waals surface area contributed by atoms with Gasteiger partial charge in [0.05, 0.1) is 5.69 Å². The molecule has 0 spiro atoms. The fraction of sp³-hybridized carbons (Fsp3) is 0.261. The highest BCUT2D eigenvalue weighted by molar-refractivity contribution is 5.38. The first kappa shape index (κ1) is 17.0. The Morgan fingerprint density at radius 2 is 1.50 bits per heavy atom. The van der Waals surface area contributed by atoms with Gasteiger partial charge in [0.1, 0.15) is 5.60 Å². The van der Waals surface area contributed by atoms with Gasteiger partial charge in [-0.1, -0.05) is 66.7 Å². The van der Waals surface area contributed by atoms with Crippen LogP contribution in [-0.2, 0) is 12.1 Å². The summed E-state index contributed by atoms with van der Waals surface area (Å²) in [6.45, 7) is 1.73. The van der Waals surface area contributed by atoms with E-state index in [1.54, 1.807) is 0 Å². The van der Waals surface area contributed by atoms with Gasteiger partial charge in [0, 0.05) is 18.8 Å². The van der Waals surface area contributed by atoms with Crippen LogP contribution in [0.1, 0.15) is 29.7 Å². The molecule has 0 aliphatic carbocycles. The minimum absolute atomic E-state index is 0.0225. The highest BCUT2D eigenvalue weighted by Crippen LogP contribution is 2.40. The van der Waals surface area contributed by atoms with Crippen molar-refractivity contribution in [1.82, 2.24) is 9.88 Å². The Labute approximate surface area is 155 Å². The average molecular weight is 344 g/mol. The molecular formula is C23H24N2O. The summed E-state index contributed by atoms with van der Waals surface area (Å²) in [5, 5.41) is 12.0. The number of rotatable bonds is 5. The van der Waals surface area contributed by atoms with Crippen molar-refractivity contribution in [1.29, 1.82) is 0 Å². The van der Waals surface area contributed by atoms with Gasteiger partial charge in [0.15, 0.2) is 0 Å². The molecule has 1 aromatic heterocycles. The molecule has 3 nitrogen and oxygen atoms in total. The smallest absolute Gasteiger partial charge is 0.130 e. The quantitative estimate of drug-likeness (QED) is 0.760. The van der Waals surface area contributed by atoms with Crippen LogP contribution < -0.4 is 0 Å². The molecule has 3 heteroatoms. The second-order valence-electron chi connectivity index (χ2n) is 6.95. The fourth-order valence-electron chi connectivity index (χ4n) is 4.12. The zero-order valence-electron chi connectivity index (χ0n) is 14.8. The number of hydrogen-bond acceptors (Lipinski definition) is 3. The van der Waals surface area contributed by atoms with Crippen LogP contribution in [0.2, 0.25) is 0 Å². The Kier molecular flexibility index (Phi) is 4.83. The summed E-state index contributed by atoms with van der Waals surface area (Å²) in [5.41, 5.74) is 1.91. The summed E-state index contributed by atoms with van der Waals surface area (Å²) in [4.78, 5) is 6.86. The second kappa shape index (κ2) is 7.40. The Bertz CT molecular complexity index is 781. The lowest BCUT2D eigenvalue weighted by Gasteiger charge is -2.40. The summed E-state index contributed by atoms with van der Waals surface area (Å²) in [6, 6.07) is 26.2. The Balaban J connectivity index is 1.74. The number of benzene rings is 2. The second-order valence-corrected chi connectivity index (χ2v) is 6.95. The first-order chi connectivity index (χ1) is 12.8. The van der Waals surface area contributed by atoms with Crippen LogP contribution in [0.3, 0.4) is 0 Å². The van der Waals surface area contributed by atoms with Crippen molar-refractivity contribution in [2.45, 2.75) is 31.0 Å². The number of nitrogens with zero attached hydrogens (tertiary/aromatic N) is 2. The van der Waals surface area contributed by atoms with E-state index in [4.69, 9.17) is 0 Å². The van der Waals surface area contributed by atoms with Gasteiger partial charge in [-0.3, -0.25) is 9.88 Å². The van der Waals surface area contributed by atoms with Crippen LogP contribution in [0.5, 0.6) is 0 Å². The number of hydrogen-bond donors (Lipinski definition) is 1. The zero-order chi connectivity index (χ0) is 17.8. The molecule has 3 aromatic rings. The molecule has 132 valence electrons. The third-order valence-electron chi connectivity index (χ3n) is 5.36. The van der Waals surface area contributed by atoms with E-state index in [0.29, 0.717) is 0 Å². The van der Waals surface area contributed by atoms with Crippen molar-refractivity contribution in [3.63, 3.8) is 0 Å². The summed E-state index contributed by atoms with van der Waals surface area (Å²) in [5.74, 6) is 0. The lowest BCUT2D eigenvalue weighted by molar-refractivity contribution is -0.00688. The van der Waals surface area contributed by atoms with Crippen LogP contribution in [0.25, 0.3) is 0 Å². The first-order valence-corrected chi connectivity index (χ1v) is 9.26. The van der Waals surface area contributed by atoms with Crippen molar-refractivity contribution in [2.75, 3.05) is 6.54 Å². The van der Waals surface area contributed by atoms with Gasteiger partial charge in [-0.15, -0.1) is 0 Å². The van der Waals surface area contributed by atoms with Gasteiger partial charge >= 0.3 is 0 Å². The van der Waals surface area contributed by atoms with Gasteiger partial charge in [-0.05, 0) is 42.6 Å². The average Bonchev–Trinajstić information content (AvgIpc) is 3.18. The summed E-state index contributed by atoms with van der Waals surface area (Å²) in [6.07, 6.45) is 3.88. The summed E-state index contributed by atoms with van der Waals surface area (Å²) < 4.78 is 0. The number of aromatic nitrogens is 1. The molecule has 4 rings (SSSR count). The number of aliphatic hydroxyl groups is 1. The van der Waals surface area contributed by atoms with Gasteiger partial charge in [-0.2, -0.15) is 0 Å². The fourth-order valence-corrected chi connectivity index (χ4v) is 4.12. The lowest BCUT2D eigenvalue weighted by atomic mass is 9.79. The van der Waals surface area contributed by atoms with E-state index in [1.165, 1.54) is 0 Å². The molecule has 0 amide bonds. The predicted molar refractivity (Wildman–Crippen MR) is 104 cm³/mol. The molecule has 26 heavy (non-hydrogen) atoms. The van der Waals surface area contributed by atoms with Crippen molar-refractivity contribution in [3.8, 4) is 0 Å². The number of pyridine rings is 1. The standard InChI is InChI=1S/C23H24N2O/c26-23(19-10-3-1-4-11-19,20-12-5-2-6-13-20)22-15-9-17-25(22)18-21-14-7-8-16-24-21/h1-8,10-14,16,22,26H,9,15,17-18H2/t22-/m1/s1. The Morgan fingerprint density at radius 1 is 0.885 bits per heavy atom. The van der Waals surface area contributed by atoms with E-state index in [1.807, 2.05) is 79.0 Å². The molecule has 1 aliphatic heterocycles. The Hall–Kier alpha value is -2.49. The van der Waals surface area contributed by atoms with Crippen LogP contribution in [-0.4, -0.2) is 27.6 Å². The van der Waals surface area contributed by atoms with Crippen molar-refractivity contribution in [3.05, 3.63) is 102 Å². The highest BCUT2D eigenvalue weighted by atomic mass is 16.3. The van der Waals surface area contributed by atoms with Crippen LogP contribution in [0.15, 0.2) is 85.1 Å². The first-order valence-electron chi connectivity index (χ1n) is 9.26. The zero-order valence-corrected chi connectivity index (χ0v) is 14.8. The molecule has 2 heterocycles. The molecule has 1 aliphatic rings. The molecule has 0 bridgehead atoms. The van der Waals surface area contributed by atoms with E-state index >= 15 is 0 Å². The van der Waals surface area contributed by atoms with Crippen molar-refractivity contribution < 1.29 is 5.11 Å². The van der Waals surface area contributed by atoms with E-state index in [9.17, 15) is 5.11 Å². The number of likely N-dealkylation sites (tertiary alicyclic amines) is 1. The van der Waals surface area contributed by atoms with Gasteiger partial charge < -0.3 is 5.11 Å². The van der Waals surface area contributed by atoms with E-state index < -0.39 is 5.60 Å². The van der Waals surface area contributed by atoms with Gasteiger partial charge in [0.2, 0.25) is 0 Å². The molecule has 1 N–H and O–H groups in total. The van der Waals surface area contributed by atoms with Crippen LogP contribution in [0, 0.1) is 0 Å². The molecule has 1 fully saturated rings. The Morgan fingerprint density at radius 3 is 2.08 bits per heavy atom. The van der Waals surface area contributed by atoms with E-state index in [-0.39, 0.29) is 6.04 Å². The summed E-state index contributed by atoms with van der Waals surface area (Å²) >= 11 is 0. The predicted octanol–water partition coefficient (Wildman–Crippen LogP) is 3.98. The van der Waals surface area contributed by atoms with E-state index in [2.05, 4.69) is 16.0 Å². The molecule has 1 saturated heterocycles.